The minimum Gasteiger partial charge on any atom is -0.378 e. The summed E-state index contributed by atoms with van der Waals surface area (Å²) in [5.41, 5.74) is 4.90. The van der Waals surface area contributed by atoms with Crippen molar-refractivity contribution >= 4 is 17.8 Å². The van der Waals surface area contributed by atoms with E-state index >= 15 is 0 Å². The summed E-state index contributed by atoms with van der Waals surface area (Å²) in [6.07, 6.45) is 1.56. The summed E-state index contributed by atoms with van der Waals surface area (Å²) >= 11 is 0. The van der Waals surface area contributed by atoms with Crippen molar-refractivity contribution in [2.75, 3.05) is 19.0 Å². The largest absolute Gasteiger partial charge is 0.378 e. The van der Waals surface area contributed by atoms with Crippen molar-refractivity contribution in [3.63, 3.8) is 0 Å². The van der Waals surface area contributed by atoms with Crippen LogP contribution in [-0.2, 0) is 0 Å². The third-order valence-electron chi connectivity index (χ3n) is 2.66. The van der Waals surface area contributed by atoms with Gasteiger partial charge in [0.1, 0.15) is 5.69 Å². The molecule has 0 fully saturated rings. The first kappa shape index (κ1) is 13.7. The Morgan fingerprint density at radius 2 is 2.00 bits per heavy atom. The molecule has 0 bridgehead atoms. The first-order valence-electron chi connectivity index (χ1n) is 5.98. The van der Waals surface area contributed by atoms with Crippen molar-refractivity contribution in [3.05, 3.63) is 41.2 Å². The Morgan fingerprint density at radius 1 is 1.30 bits per heavy atom. The van der Waals surface area contributed by atoms with Gasteiger partial charge in [-0.2, -0.15) is 5.10 Å². The Hall–Kier alpha value is -2.70. The smallest absolute Gasteiger partial charge is 0.295 e. The zero-order chi connectivity index (χ0) is 14.5. The average molecular weight is 273 g/mol. The lowest BCUT2D eigenvalue weighted by Gasteiger charge is -2.11. The molecule has 1 aromatic carbocycles. The molecule has 2 aromatic rings. The van der Waals surface area contributed by atoms with E-state index < -0.39 is 5.91 Å². The molecular formula is C13H15N5O2. The molecular weight excluding hydrogens is 258 g/mol. The van der Waals surface area contributed by atoms with E-state index in [-0.39, 0.29) is 5.69 Å². The number of carbonyl (C=O) groups is 1. The second kappa shape index (κ2) is 5.96. The number of hydrogen-bond acceptors (Lipinski definition) is 6. The Labute approximate surface area is 116 Å². The fraction of sp³-hybridized carbons (Fsp3) is 0.231. The van der Waals surface area contributed by atoms with Crippen LogP contribution in [0, 0.1) is 6.92 Å². The van der Waals surface area contributed by atoms with Crippen molar-refractivity contribution in [1.29, 1.82) is 0 Å². The highest BCUT2D eigenvalue weighted by Crippen LogP contribution is 2.10. The number of hydrazone groups is 1. The van der Waals surface area contributed by atoms with Crippen LogP contribution in [0.25, 0.3) is 0 Å². The number of rotatable bonds is 4. The summed E-state index contributed by atoms with van der Waals surface area (Å²) < 4.78 is 4.45. The molecule has 2 rings (SSSR count). The fourth-order valence-corrected chi connectivity index (χ4v) is 1.51. The van der Waals surface area contributed by atoms with Crippen LogP contribution in [0.3, 0.4) is 0 Å². The van der Waals surface area contributed by atoms with Crippen LogP contribution in [0.15, 0.2) is 34.0 Å². The van der Waals surface area contributed by atoms with Crippen LogP contribution in [0.4, 0.5) is 5.69 Å². The van der Waals surface area contributed by atoms with Gasteiger partial charge in [-0.05, 0) is 29.8 Å². The van der Waals surface area contributed by atoms with Gasteiger partial charge < -0.3 is 4.90 Å². The van der Waals surface area contributed by atoms with Crippen molar-refractivity contribution in [2.45, 2.75) is 6.92 Å². The van der Waals surface area contributed by atoms with Gasteiger partial charge in [0.25, 0.3) is 5.91 Å². The Morgan fingerprint density at radius 3 is 2.55 bits per heavy atom. The van der Waals surface area contributed by atoms with E-state index in [1.807, 2.05) is 43.3 Å². The molecule has 0 saturated carbocycles. The summed E-state index contributed by atoms with van der Waals surface area (Å²) in [5, 5.41) is 10.9. The van der Waals surface area contributed by atoms with Gasteiger partial charge in [-0.15, -0.1) is 0 Å². The maximum absolute atomic E-state index is 11.7. The van der Waals surface area contributed by atoms with Gasteiger partial charge >= 0.3 is 0 Å². The zero-order valence-corrected chi connectivity index (χ0v) is 11.5. The second-order valence-corrected chi connectivity index (χ2v) is 4.38. The Kier molecular flexibility index (Phi) is 4.09. The van der Waals surface area contributed by atoms with E-state index in [2.05, 4.69) is 25.5 Å². The van der Waals surface area contributed by atoms with Crippen molar-refractivity contribution < 1.29 is 9.42 Å². The highest BCUT2D eigenvalue weighted by molar-refractivity contribution is 5.93. The fourth-order valence-electron chi connectivity index (χ4n) is 1.51. The quantitative estimate of drug-likeness (QED) is 0.668. The Bertz CT molecular complexity index is 616. The first-order chi connectivity index (χ1) is 9.58. The summed E-state index contributed by atoms with van der Waals surface area (Å²) in [5.74, 6) is -0.454. The van der Waals surface area contributed by atoms with Gasteiger partial charge in [-0.1, -0.05) is 17.3 Å². The molecule has 0 aliphatic carbocycles. The van der Waals surface area contributed by atoms with E-state index in [4.69, 9.17) is 0 Å². The van der Waals surface area contributed by atoms with Crippen molar-refractivity contribution in [1.82, 2.24) is 15.7 Å². The normalized spacial score (nSPS) is 10.8. The molecule has 7 nitrogen and oxygen atoms in total. The molecule has 0 saturated heterocycles. The highest BCUT2D eigenvalue weighted by atomic mass is 16.6. The van der Waals surface area contributed by atoms with Crippen LogP contribution < -0.4 is 10.3 Å². The third-order valence-corrected chi connectivity index (χ3v) is 2.66. The lowest BCUT2D eigenvalue weighted by atomic mass is 10.2. The summed E-state index contributed by atoms with van der Waals surface area (Å²) in [6, 6.07) is 7.76. The number of hydrogen-bond donors (Lipinski definition) is 1. The number of carbonyl (C=O) groups excluding carboxylic acids is 1. The molecule has 7 heteroatoms. The number of nitrogens with zero attached hydrogens (tertiary/aromatic N) is 4. The van der Waals surface area contributed by atoms with E-state index in [9.17, 15) is 4.79 Å². The van der Waals surface area contributed by atoms with Gasteiger partial charge in [0.15, 0.2) is 5.69 Å². The maximum Gasteiger partial charge on any atom is 0.295 e. The molecule has 0 radical (unpaired) electrons. The molecule has 0 aliphatic rings. The van der Waals surface area contributed by atoms with Crippen LogP contribution in [0.1, 0.15) is 21.7 Å². The van der Waals surface area contributed by atoms with Crippen LogP contribution in [0.5, 0.6) is 0 Å². The zero-order valence-electron chi connectivity index (χ0n) is 11.5. The van der Waals surface area contributed by atoms with Gasteiger partial charge in [-0.25, -0.2) is 10.1 Å². The van der Waals surface area contributed by atoms with Crippen LogP contribution >= 0.6 is 0 Å². The topological polar surface area (TPSA) is 83.6 Å². The number of benzene rings is 1. The monoisotopic (exact) mass is 273 g/mol. The molecule has 1 N–H and O–H groups in total. The standard InChI is InChI=1S/C13H15N5O2/c1-9-12(17-20-16-9)13(19)15-14-8-10-4-6-11(7-5-10)18(2)3/h4-8H,1-3H3,(H,15,19)/b14-8+. The van der Waals surface area contributed by atoms with Gasteiger partial charge in [0.2, 0.25) is 0 Å². The maximum atomic E-state index is 11.7. The predicted octanol–water partition coefficient (Wildman–Crippen LogP) is 1.21. The minimum absolute atomic E-state index is 0.130. The lowest BCUT2D eigenvalue weighted by Crippen LogP contribution is -2.19. The van der Waals surface area contributed by atoms with Gasteiger partial charge in [0, 0.05) is 19.8 Å². The summed E-state index contributed by atoms with van der Waals surface area (Å²) in [6.45, 7) is 1.63. The predicted molar refractivity (Wildman–Crippen MR) is 74.9 cm³/mol. The Balaban J connectivity index is 1.96. The molecule has 20 heavy (non-hydrogen) atoms. The van der Waals surface area contributed by atoms with E-state index in [0.717, 1.165) is 11.3 Å². The lowest BCUT2D eigenvalue weighted by molar-refractivity contribution is 0.0945. The van der Waals surface area contributed by atoms with Crippen LogP contribution in [0.2, 0.25) is 0 Å². The molecule has 0 aliphatic heterocycles. The van der Waals surface area contributed by atoms with Gasteiger partial charge in [-0.3, -0.25) is 4.79 Å². The number of amides is 1. The van der Waals surface area contributed by atoms with Gasteiger partial charge in [0.05, 0.1) is 6.21 Å². The van der Waals surface area contributed by atoms with E-state index in [0.29, 0.717) is 5.69 Å². The van der Waals surface area contributed by atoms with Crippen molar-refractivity contribution in [3.8, 4) is 0 Å². The molecule has 1 heterocycles. The van der Waals surface area contributed by atoms with Crippen LogP contribution in [-0.4, -0.2) is 36.5 Å². The number of aromatic nitrogens is 2. The summed E-state index contributed by atoms with van der Waals surface area (Å²) in [4.78, 5) is 13.7. The molecule has 0 unspecified atom stereocenters. The SMILES string of the molecule is Cc1nonc1C(=O)N/N=C/c1ccc(N(C)C)cc1. The first-order valence-corrected chi connectivity index (χ1v) is 5.98. The number of aryl methyl sites for hydroxylation is 1. The molecule has 104 valence electrons. The molecule has 1 aromatic heterocycles. The molecule has 0 spiro atoms. The number of nitrogens with one attached hydrogen (secondary N) is 1. The highest BCUT2D eigenvalue weighted by Gasteiger charge is 2.13. The average Bonchev–Trinajstić information content (AvgIpc) is 2.85. The summed E-state index contributed by atoms with van der Waals surface area (Å²) in [7, 11) is 3.94. The van der Waals surface area contributed by atoms with E-state index in [1.165, 1.54) is 0 Å². The minimum atomic E-state index is -0.454. The van der Waals surface area contributed by atoms with E-state index in [1.54, 1.807) is 13.1 Å². The third kappa shape index (κ3) is 3.19. The molecule has 1 amide bonds. The second-order valence-electron chi connectivity index (χ2n) is 4.38. The number of anilines is 1. The van der Waals surface area contributed by atoms with Crippen molar-refractivity contribution in [2.24, 2.45) is 5.10 Å². The molecule has 0 atom stereocenters.